The van der Waals surface area contributed by atoms with Crippen LogP contribution in [0.5, 0.6) is 0 Å². The first-order valence-electron chi connectivity index (χ1n) is 6.53. The Hall–Kier alpha value is -1.51. The van der Waals surface area contributed by atoms with E-state index >= 15 is 0 Å². The highest BCUT2D eigenvalue weighted by molar-refractivity contribution is 6.30. The summed E-state index contributed by atoms with van der Waals surface area (Å²) in [6.07, 6.45) is 0. The van der Waals surface area contributed by atoms with E-state index in [2.05, 4.69) is 30.0 Å². The number of benzene rings is 2. The van der Waals surface area contributed by atoms with Gasteiger partial charge in [0.1, 0.15) is 0 Å². The second-order valence-corrected chi connectivity index (χ2v) is 4.86. The minimum absolute atomic E-state index is 0.145. The summed E-state index contributed by atoms with van der Waals surface area (Å²) in [6.45, 7) is 3.60. The predicted molar refractivity (Wildman–Crippen MR) is 82.7 cm³/mol. The minimum atomic E-state index is 0.145. The third-order valence-corrected chi connectivity index (χ3v) is 3.50. The Kier molecular flexibility index (Phi) is 4.83. The molecule has 3 heteroatoms. The number of rotatable bonds is 5. The second kappa shape index (κ2) is 6.60. The Labute approximate surface area is 119 Å². The van der Waals surface area contributed by atoms with Crippen molar-refractivity contribution < 1.29 is 0 Å². The van der Waals surface area contributed by atoms with Crippen molar-refractivity contribution in [2.24, 2.45) is 5.73 Å². The molecule has 0 aromatic heterocycles. The van der Waals surface area contributed by atoms with Gasteiger partial charge in [0.05, 0.1) is 6.04 Å². The normalized spacial score (nSPS) is 12.2. The van der Waals surface area contributed by atoms with Gasteiger partial charge in [-0.05, 0) is 36.8 Å². The van der Waals surface area contributed by atoms with E-state index < -0.39 is 0 Å². The highest BCUT2D eigenvalue weighted by Gasteiger charge is 2.18. The Bertz CT molecular complexity index is 513. The highest BCUT2D eigenvalue weighted by Crippen LogP contribution is 2.27. The molecule has 2 nitrogen and oxygen atoms in total. The van der Waals surface area contributed by atoms with E-state index in [1.54, 1.807) is 0 Å². The van der Waals surface area contributed by atoms with Crippen molar-refractivity contribution >= 4 is 17.3 Å². The third kappa shape index (κ3) is 3.28. The quantitative estimate of drug-likeness (QED) is 0.897. The molecule has 0 bridgehead atoms. The molecule has 19 heavy (non-hydrogen) atoms. The molecule has 0 aliphatic heterocycles. The lowest BCUT2D eigenvalue weighted by molar-refractivity contribution is 0.643. The molecule has 0 spiro atoms. The summed E-state index contributed by atoms with van der Waals surface area (Å²) in [4.78, 5) is 2.30. The van der Waals surface area contributed by atoms with Crippen molar-refractivity contribution in [3.63, 3.8) is 0 Å². The number of anilines is 1. The topological polar surface area (TPSA) is 29.3 Å². The van der Waals surface area contributed by atoms with E-state index in [-0.39, 0.29) is 6.04 Å². The van der Waals surface area contributed by atoms with Gasteiger partial charge in [-0.15, -0.1) is 0 Å². The summed E-state index contributed by atoms with van der Waals surface area (Å²) in [7, 11) is 0. The van der Waals surface area contributed by atoms with Gasteiger partial charge >= 0.3 is 0 Å². The zero-order valence-corrected chi connectivity index (χ0v) is 11.8. The van der Waals surface area contributed by atoms with Gasteiger partial charge in [0, 0.05) is 23.8 Å². The summed E-state index contributed by atoms with van der Waals surface area (Å²) < 4.78 is 0. The van der Waals surface area contributed by atoms with Gasteiger partial charge in [0.25, 0.3) is 0 Å². The smallest absolute Gasteiger partial charge is 0.0665 e. The van der Waals surface area contributed by atoms with Gasteiger partial charge in [0.2, 0.25) is 0 Å². The van der Waals surface area contributed by atoms with Crippen molar-refractivity contribution in [1.82, 2.24) is 0 Å². The standard InChI is InChI=1S/C16H19ClN2/c1-2-19(15-9-4-3-5-10-15)16(12-18)13-7-6-8-14(17)11-13/h3-11,16H,2,12,18H2,1H3. The number of para-hydroxylation sites is 1. The Morgan fingerprint density at radius 3 is 2.42 bits per heavy atom. The van der Waals surface area contributed by atoms with E-state index in [0.29, 0.717) is 6.54 Å². The number of nitrogens with zero attached hydrogens (tertiary/aromatic N) is 1. The largest absolute Gasteiger partial charge is 0.363 e. The highest BCUT2D eigenvalue weighted by atomic mass is 35.5. The van der Waals surface area contributed by atoms with Crippen molar-refractivity contribution in [2.45, 2.75) is 13.0 Å². The van der Waals surface area contributed by atoms with Crippen LogP contribution in [0.25, 0.3) is 0 Å². The first-order valence-corrected chi connectivity index (χ1v) is 6.91. The molecule has 0 fully saturated rings. The minimum Gasteiger partial charge on any atom is -0.363 e. The van der Waals surface area contributed by atoms with Crippen LogP contribution in [-0.2, 0) is 0 Å². The maximum atomic E-state index is 6.08. The predicted octanol–water partition coefficient (Wildman–Crippen LogP) is 3.87. The van der Waals surface area contributed by atoms with Gasteiger partial charge in [0.15, 0.2) is 0 Å². The fourth-order valence-corrected chi connectivity index (χ4v) is 2.56. The lowest BCUT2D eigenvalue weighted by atomic mass is 10.0. The molecule has 0 radical (unpaired) electrons. The number of likely N-dealkylation sites (N-methyl/N-ethyl adjacent to an activating group) is 1. The molecule has 2 aromatic rings. The molecule has 0 saturated heterocycles. The van der Waals surface area contributed by atoms with Crippen LogP contribution in [0.4, 0.5) is 5.69 Å². The first-order chi connectivity index (χ1) is 9.26. The number of halogens is 1. The molecular formula is C16H19ClN2. The molecular weight excluding hydrogens is 256 g/mol. The monoisotopic (exact) mass is 274 g/mol. The second-order valence-electron chi connectivity index (χ2n) is 4.43. The number of hydrogen-bond acceptors (Lipinski definition) is 2. The van der Waals surface area contributed by atoms with Crippen molar-refractivity contribution in [2.75, 3.05) is 18.0 Å². The fourth-order valence-electron chi connectivity index (χ4n) is 2.36. The molecule has 2 N–H and O–H groups in total. The molecule has 1 atom stereocenters. The Balaban J connectivity index is 2.34. The summed E-state index contributed by atoms with van der Waals surface area (Å²) in [5.41, 5.74) is 8.32. The zero-order valence-electron chi connectivity index (χ0n) is 11.1. The summed E-state index contributed by atoms with van der Waals surface area (Å²) in [6, 6.07) is 18.4. The molecule has 100 valence electrons. The van der Waals surface area contributed by atoms with Crippen LogP contribution in [-0.4, -0.2) is 13.1 Å². The van der Waals surface area contributed by atoms with E-state index in [1.165, 1.54) is 5.69 Å². The maximum absolute atomic E-state index is 6.08. The molecule has 1 unspecified atom stereocenters. The van der Waals surface area contributed by atoms with Crippen LogP contribution in [0.15, 0.2) is 54.6 Å². The zero-order chi connectivity index (χ0) is 13.7. The molecule has 0 amide bonds. The summed E-state index contributed by atoms with van der Waals surface area (Å²) >= 11 is 6.08. The van der Waals surface area contributed by atoms with Gasteiger partial charge in [-0.25, -0.2) is 0 Å². The van der Waals surface area contributed by atoms with Crippen LogP contribution < -0.4 is 10.6 Å². The summed E-state index contributed by atoms with van der Waals surface area (Å²) in [5, 5.41) is 0.750. The van der Waals surface area contributed by atoms with E-state index in [0.717, 1.165) is 17.1 Å². The van der Waals surface area contributed by atoms with E-state index in [9.17, 15) is 0 Å². The molecule has 0 heterocycles. The average Bonchev–Trinajstić information content (AvgIpc) is 2.45. The Morgan fingerprint density at radius 2 is 1.84 bits per heavy atom. The molecule has 0 aliphatic rings. The number of hydrogen-bond donors (Lipinski definition) is 1. The number of nitrogens with two attached hydrogens (primary N) is 1. The third-order valence-electron chi connectivity index (χ3n) is 3.26. The average molecular weight is 275 g/mol. The van der Waals surface area contributed by atoms with Gasteiger partial charge in [-0.1, -0.05) is 41.9 Å². The van der Waals surface area contributed by atoms with Gasteiger partial charge < -0.3 is 10.6 Å². The van der Waals surface area contributed by atoms with Crippen LogP contribution in [0.3, 0.4) is 0 Å². The van der Waals surface area contributed by atoms with Crippen LogP contribution in [0.2, 0.25) is 5.02 Å². The lowest BCUT2D eigenvalue weighted by Crippen LogP contribution is -2.33. The van der Waals surface area contributed by atoms with Crippen molar-refractivity contribution in [1.29, 1.82) is 0 Å². The molecule has 2 rings (SSSR count). The van der Waals surface area contributed by atoms with Gasteiger partial charge in [-0.3, -0.25) is 0 Å². The van der Waals surface area contributed by atoms with Crippen molar-refractivity contribution in [3.8, 4) is 0 Å². The van der Waals surface area contributed by atoms with E-state index in [4.69, 9.17) is 17.3 Å². The van der Waals surface area contributed by atoms with Crippen LogP contribution >= 0.6 is 11.6 Å². The molecule has 0 aliphatic carbocycles. The van der Waals surface area contributed by atoms with Crippen molar-refractivity contribution in [3.05, 3.63) is 65.2 Å². The van der Waals surface area contributed by atoms with Gasteiger partial charge in [-0.2, -0.15) is 0 Å². The molecule has 0 saturated carbocycles. The summed E-state index contributed by atoms with van der Waals surface area (Å²) in [5.74, 6) is 0. The molecule has 2 aromatic carbocycles. The lowest BCUT2D eigenvalue weighted by Gasteiger charge is -2.32. The first kappa shape index (κ1) is 13.9. The van der Waals surface area contributed by atoms with E-state index in [1.807, 2.05) is 36.4 Å². The Morgan fingerprint density at radius 1 is 1.11 bits per heavy atom. The SMILES string of the molecule is CCN(c1ccccc1)C(CN)c1cccc(Cl)c1. The van der Waals surface area contributed by atoms with Crippen LogP contribution in [0, 0.1) is 0 Å². The fraction of sp³-hybridized carbons (Fsp3) is 0.250. The maximum Gasteiger partial charge on any atom is 0.0665 e. The van der Waals surface area contributed by atoms with Crippen LogP contribution in [0.1, 0.15) is 18.5 Å².